The molecule has 0 aliphatic rings. The smallest absolute Gasteiger partial charge is 0.306 e. The Balaban J connectivity index is 4.67. The van der Waals surface area contributed by atoms with Gasteiger partial charge in [0.15, 0.2) is 0 Å². The molecule has 0 spiro atoms. The number of carboxylic acid groups (broad SMARTS) is 1. The van der Waals surface area contributed by atoms with Gasteiger partial charge in [0.25, 0.3) is 0 Å². The molecule has 2 N–H and O–H groups in total. The summed E-state index contributed by atoms with van der Waals surface area (Å²) in [6.45, 7) is 4.56. The summed E-state index contributed by atoms with van der Waals surface area (Å²) in [5.41, 5.74) is -1.10. The minimum Gasteiger partial charge on any atom is -0.481 e. The predicted molar refractivity (Wildman–Crippen MR) is 64.2 cm³/mol. The van der Waals surface area contributed by atoms with E-state index in [9.17, 15) is 9.90 Å². The third-order valence-corrected chi connectivity index (χ3v) is 2.67. The number of likely N-dealkylation sites (N-methyl/N-ethyl adjacent to an activating group) is 1. The summed E-state index contributed by atoms with van der Waals surface area (Å²) >= 11 is 0. The van der Waals surface area contributed by atoms with E-state index in [-0.39, 0.29) is 6.42 Å². The maximum atomic E-state index is 10.8. The van der Waals surface area contributed by atoms with Crippen LogP contribution in [0.25, 0.3) is 0 Å². The normalized spacial score (nSPS) is 17.9. The SMILES string of the molecule is CCC(C)CC(O)(CC(=O)O)C[N+](C)(C)C. The first-order chi connectivity index (χ1) is 7.08. The van der Waals surface area contributed by atoms with Gasteiger partial charge in [-0.1, -0.05) is 20.3 Å². The Morgan fingerprint density at radius 2 is 1.88 bits per heavy atom. The number of aliphatic carboxylic acids is 1. The van der Waals surface area contributed by atoms with Gasteiger partial charge >= 0.3 is 5.97 Å². The van der Waals surface area contributed by atoms with Crippen LogP contribution in [0.1, 0.15) is 33.1 Å². The number of aliphatic hydroxyl groups is 1. The molecule has 0 aromatic rings. The van der Waals surface area contributed by atoms with Crippen LogP contribution in [0.2, 0.25) is 0 Å². The lowest BCUT2D eigenvalue weighted by atomic mass is 9.86. The zero-order valence-electron chi connectivity index (χ0n) is 11.2. The van der Waals surface area contributed by atoms with Gasteiger partial charge in [0.1, 0.15) is 12.1 Å². The van der Waals surface area contributed by atoms with Gasteiger partial charge in [-0.15, -0.1) is 0 Å². The highest BCUT2D eigenvalue weighted by atomic mass is 16.4. The minimum absolute atomic E-state index is 0.174. The molecule has 0 saturated heterocycles. The number of hydrogen-bond donors (Lipinski definition) is 2. The second-order valence-electron chi connectivity index (χ2n) is 5.96. The Labute approximate surface area is 98.5 Å². The third-order valence-electron chi connectivity index (χ3n) is 2.67. The minimum atomic E-state index is -1.10. The van der Waals surface area contributed by atoms with E-state index < -0.39 is 11.6 Å². The van der Waals surface area contributed by atoms with Gasteiger partial charge in [0.2, 0.25) is 0 Å². The van der Waals surface area contributed by atoms with Crippen LogP contribution in [-0.4, -0.2) is 54.0 Å². The average molecular weight is 232 g/mol. The standard InChI is InChI=1S/C12H25NO3/c1-6-10(2)7-12(16,8-11(14)15)9-13(3,4)5/h10,16H,6-9H2,1-5H3/p+1. The monoisotopic (exact) mass is 232 g/mol. The van der Waals surface area contributed by atoms with Crippen LogP contribution in [0.3, 0.4) is 0 Å². The van der Waals surface area contributed by atoms with E-state index in [1.54, 1.807) is 0 Å². The number of rotatable bonds is 7. The Hall–Kier alpha value is -0.610. The maximum absolute atomic E-state index is 10.8. The van der Waals surface area contributed by atoms with E-state index in [1.165, 1.54) is 0 Å². The van der Waals surface area contributed by atoms with Crippen molar-refractivity contribution in [1.82, 2.24) is 0 Å². The van der Waals surface area contributed by atoms with E-state index in [1.807, 2.05) is 28.1 Å². The zero-order chi connectivity index (χ0) is 13.0. The number of carbonyl (C=O) groups is 1. The van der Waals surface area contributed by atoms with Gasteiger partial charge in [0, 0.05) is 0 Å². The fraction of sp³-hybridized carbons (Fsp3) is 0.917. The molecule has 4 heteroatoms. The first kappa shape index (κ1) is 15.4. The first-order valence-corrected chi connectivity index (χ1v) is 5.82. The van der Waals surface area contributed by atoms with Crippen molar-refractivity contribution in [3.63, 3.8) is 0 Å². The molecule has 2 unspecified atom stereocenters. The van der Waals surface area contributed by atoms with Crippen LogP contribution < -0.4 is 0 Å². The molecule has 2 atom stereocenters. The number of nitrogens with zero attached hydrogens (tertiary/aromatic N) is 1. The van der Waals surface area contributed by atoms with E-state index in [0.29, 0.717) is 23.4 Å². The molecule has 0 aromatic carbocycles. The van der Waals surface area contributed by atoms with E-state index in [0.717, 1.165) is 6.42 Å². The first-order valence-electron chi connectivity index (χ1n) is 5.82. The van der Waals surface area contributed by atoms with Crippen LogP contribution in [0.15, 0.2) is 0 Å². The molecule has 0 aromatic heterocycles. The van der Waals surface area contributed by atoms with Gasteiger partial charge in [-0.05, 0) is 12.3 Å². The summed E-state index contributed by atoms with van der Waals surface area (Å²) in [5.74, 6) is -0.588. The Morgan fingerprint density at radius 1 is 1.38 bits per heavy atom. The lowest BCUT2D eigenvalue weighted by Gasteiger charge is -2.36. The molecular formula is C12H26NO3+. The molecule has 0 heterocycles. The van der Waals surface area contributed by atoms with Crippen molar-refractivity contribution in [3.05, 3.63) is 0 Å². The highest BCUT2D eigenvalue weighted by Crippen LogP contribution is 2.25. The number of quaternary nitrogens is 1. The van der Waals surface area contributed by atoms with Crippen LogP contribution in [-0.2, 0) is 4.79 Å². The molecule has 0 rings (SSSR count). The zero-order valence-corrected chi connectivity index (χ0v) is 11.2. The molecule has 0 aliphatic carbocycles. The topological polar surface area (TPSA) is 57.5 Å². The molecule has 0 radical (unpaired) electrons. The predicted octanol–water partition coefficient (Wildman–Crippen LogP) is 1.33. The largest absolute Gasteiger partial charge is 0.481 e. The summed E-state index contributed by atoms with van der Waals surface area (Å²) in [6.07, 6.45) is 1.33. The van der Waals surface area contributed by atoms with Crippen LogP contribution >= 0.6 is 0 Å². The molecule has 4 nitrogen and oxygen atoms in total. The Bertz CT molecular complexity index is 235. The fourth-order valence-corrected chi connectivity index (χ4v) is 2.15. The molecular weight excluding hydrogens is 206 g/mol. The average Bonchev–Trinajstić information content (AvgIpc) is 1.97. The highest BCUT2D eigenvalue weighted by molar-refractivity contribution is 5.68. The summed E-state index contributed by atoms with van der Waals surface area (Å²) in [7, 11) is 5.89. The second kappa shape index (κ2) is 5.64. The fourth-order valence-electron chi connectivity index (χ4n) is 2.15. The molecule has 0 fully saturated rings. The summed E-state index contributed by atoms with van der Waals surface area (Å²) < 4.78 is 0.570. The maximum Gasteiger partial charge on any atom is 0.306 e. The number of carboxylic acids is 1. The van der Waals surface area contributed by atoms with Gasteiger partial charge in [-0.25, -0.2) is 0 Å². The van der Waals surface area contributed by atoms with E-state index >= 15 is 0 Å². The molecule has 0 saturated carbocycles. The summed E-state index contributed by atoms with van der Waals surface area (Å²) in [5, 5.41) is 19.3. The highest BCUT2D eigenvalue weighted by Gasteiger charge is 2.36. The van der Waals surface area contributed by atoms with Crippen molar-refractivity contribution in [2.24, 2.45) is 5.92 Å². The van der Waals surface area contributed by atoms with Crippen molar-refractivity contribution in [3.8, 4) is 0 Å². The van der Waals surface area contributed by atoms with Crippen molar-refractivity contribution in [1.29, 1.82) is 0 Å². The lowest BCUT2D eigenvalue weighted by Crippen LogP contribution is -2.51. The number of hydrogen-bond acceptors (Lipinski definition) is 2. The van der Waals surface area contributed by atoms with Gasteiger partial charge in [-0.2, -0.15) is 0 Å². The molecule has 16 heavy (non-hydrogen) atoms. The quantitative estimate of drug-likeness (QED) is 0.651. The Kier molecular flexibility index (Phi) is 5.42. The van der Waals surface area contributed by atoms with Crippen molar-refractivity contribution >= 4 is 5.97 Å². The van der Waals surface area contributed by atoms with E-state index in [2.05, 4.69) is 6.92 Å². The molecule has 0 amide bonds. The van der Waals surface area contributed by atoms with Crippen LogP contribution in [0.4, 0.5) is 0 Å². The summed E-state index contributed by atoms with van der Waals surface area (Å²) in [4.78, 5) is 10.8. The van der Waals surface area contributed by atoms with Gasteiger partial charge in [-0.3, -0.25) is 4.79 Å². The third kappa shape index (κ3) is 6.80. The van der Waals surface area contributed by atoms with Crippen molar-refractivity contribution < 1.29 is 19.5 Å². The lowest BCUT2D eigenvalue weighted by molar-refractivity contribution is -0.877. The Morgan fingerprint density at radius 3 is 2.19 bits per heavy atom. The van der Waals surface area contributed by atoms with Crippen LogP contribution in [0.5, 0.6) is 0 Å². The molecule has 0 aliphatic heterocycles. The molecule has 96 valence electrons. The van der Waals surface area contributed by atoms with Gasteiger partial charge < -0.3 is 14.7 Å². The second-order valence-corrected chi connectivity index (χ2v) is 5.96. The van der Waals surface area contributed by atoms with Crippen molar-refractivity contribution in [2.45, 2.75) is 38.7 Å². The van der Waals surface area contributed by atoms with Gasteiger partial charge in [0.05, 0.1) is 27.6 Å². The summed E-state index contributed by atoms with van der Waals surface area (Å²) in [6, 6.07) is 0. The molecule has 0 bridgehead atoms. The van der Waals surface area contributed by atoms with E-state index in [4.69, 9.17) is 5.11 Å². The van der Waals surface area contributed by atoms with Crippen molar-refractivity contribution in [2.75, 3.05) is 27.7 Å². The van der Waals surface area contributed by atoms with Crippen LogP contribution in [0, 0.1) is 5.92 Å².